The molecule has 0 atom stereocenters. The van der Waals surface area contributed by atoms with Crippen LogP contribution >= 0.6 is 11.8 Å². The highest BCUT2D eigenvalue weighted by Gasteiger charge is 2.13. The normalized spacial score (nSPS) is 10.7. The van der Waals surface area contributed by atoms with Crippen LogP contribution in [-0.2, 0) is 24.3 Å². The highest BCUT2D eigenvalue weighted by atomic mass is 32.2. The molecule has 2 aromatic rings. The number of amides is 1. The Labute approximate surface area is 135 Å². The van der Waals surface area contributed by atoms with Crippen LogP contribution in [-0.4, -0.2) is 38.9 Å². The van der Waals surface area contributed by atoms with Gasteiger partial charge >= 0.3 is 0 Å². The molecular weight excluding hydrogens is 296 g/mol. The third-order valence-electron chi connectivity index (χ3n) is 3.48. The van der Waals surface area contributed by atoms with E-state index in [9.17, 15) is 4.79 Å². The van der Waals surface area contributed by atoms with E-state index < -0.39 is 0 Å². The van der Waals surface area contributed by atoms with Gasteiger partial charge in [-0.2, -0.15) is 0 Å². The predicted octanol–water partition coefficient (Wildman–Crippen LogP) is 2.61. The molecule has 0 aliphatic heterocycles. The first-order valence-electron chi connectivity index (χ1n) is 7.37. The molecule has 0 aliphatic rings. The van der Waals surface area contributed by atoms with E-state index in [0.717, 1.165) is 24.4 Å². The van der Waals surface area contributed by atoms with E-state index in [1.54, 1.807) is 23.0 Å². The summed E-state index contributed by atoms with van der Waals surface area (Å²) in [5.74, 6) is 0.915. The fraction of sp³-hybridized carbons (Fsp3) is 0.438. The van der Waals surface area contributed by atoms with Crippen LogP contribution in [0.5, 0.6) is 0 Å². The molecule has 1 amide bonds. The van der Waals surface area contributed by atoms with E-state index in [-0.39, 0.29) is 5.91 Å². The maximum Gasteiger partial charge on any atom is 0.227 e. The van der Waals surface area contributed by atoms with Gasteiger partial charge in [0.1, 0.15) is 6.33 Å². The van der Waals surface area contributed by atoms with Gasteiger partial charge < -0.3 is 9.47 Å². The van der Waals surface area contributed by atoms with Crippen LogP contribution in [0.2, 0.25) is 0 Å². The lowest BCUT2D eigenvalue weighted by Gasteiger charge is -2.17. The SMILES string of the molecule is CCCn1cnnc1CN(C)C(=O)Cc1ccc(SC)cc1. The quantitative estimate of drug-likeness (QED) is 0.736. The van der Waals surface area contributed by atoms with Crippen molar-refractivity contribution in [2.24, 2.45) is 0 Å². The van der Waals surface area contributed by atoms with Crippen molar-refractivity contribution in [2.75, 3.05) is 13.3 Å². The first kappa shape index (κ1) is 16.5. The molecule has 0 bridgehead atoms. The molecule has 0 fully saturated rings. The van der Waals surface area contributed by atoms with Crippen LogP contribution in [0.15, 0.2) is 35.5 Å². The molecule has 2 rings (SSSR count). The number of thioether (sulfide) groups is 1. The summed E-state index contributed by atoms with van der Waals surface area (Å²) in [5.41, 5.74) is 1.03. The van der Waals surface area contributed by atoms with Crippen molar-refractivity contribution in [2.45, 2.75) is 37.8 Å². The summed E-state index contributed by atoms with van der Waals surface area (Å²) < 4.78 is 2.00. The second-order valence-corrected chi connectivity index (χ2v) is 6.09. The Hall–Kier alpha value is -1.82. The van der Waals surface area contributed by atoms with E-state index >= 15 is 0 Å². The van der Waals surface area contributed by atoms with Crippen LogP contribution in [0.25, 0.3) is 0 Å². The van der Waals surface area contributed by atoms with Crippen molar-refractivity contribution >= 4 is 17.7 Å². The molecule has 0 saturated heterocycles. The van der Waals surface area contributed by atoms with Crippen LogP contribution < -0.4 is 0 Å². The Bertz CT molecular complexity index is 609. The Balaban J connectivity index is 1.95. The van der Waals surface area contributed by atoms with Gasteiger partial charge in [0.15, 0.2) is 5.82 Å². The lowest BCUT2D eigenvalue weighted by atomic mass is 10.1. The fourth-order valence-electron chi connectivity index (χ4n) is 2.18. The lowest BCUT2D eigenvalue weighted by molar-refractivity contribution is -0.129. The topological polar surface area (TPSA) is 51.0 Å². The average Bonchev–Trinajstić information content (AvgIpc) is 2.95. The Morgan fingerprint density at radius 2 is 2.05 bits per heavy atom. The molecule has 6 heteroatoms. The van der Waals surface area contributed by atoms with Crippen molar-refractivity contribution in [3.05, 3.63) is 42.0 Å². The van der Waals surface area contributed by atoms with Crippen LogP contribution in [0.1, 0.15) is 24.7 Å². The average molecular weight is 318 g/mol. The number of aryl methyl sites for hydroxylation is 1. The minimum Gasteiger partial charge on any atom is -0.338 e. The lowest BCUT2D eigenvalue weighted by Crippen LogP contribution is -2.29. The third kappa shape index (κ3) is 4.34. The number of hydrogen-bond donors (Lipinski definition) is 0. The number of nitrogens with zero attached hydrogens (tertiary/aromatic N) is 4. The number of aromatic nitrogens is 3. The van der Waals surface area contributed by atoms with Crippen LogP contribution in [0.3, 0.4) is 0 Å². The molecule has 118 valence electrons. The summed E-state index contributed by atoms with van der Waals surface area (Å²) in [6.45, 7) is 3.47. The number of likely N-dealkylation sites (N-methyl/N-ethyl adjacent to an activating group) is 1. The maximum absolute atomic E-state index is 12.3. The van der Waals surface area contributed by atoms with Crippen molar-refractivity contribution in [1.82, 2.24) is 19.7 Å². The Kier molecular flexibility index (Phi) is 6.00. The van der Waals surface area contributed by atoms with E-state index in [2.05, 4.69) is 17.1 Å². The van der Waals surface area contributed by atoms with Gasteiger partial charge in [-0.3, -0.25) is 4.79 Å². The van der Waals surface area contributed by atoms with Gasteiger partial charge in [0.25, 0.3) is 0 Å². The van der Waals surface area contributed by atoms with E-state index in [1.807, 2.05) is 42.1 Å². The van der Waals surface area contributed by atoms with Gasteiger partial charge in [-0.25, -0.2) is 0 Å². The van der Waals surface area contributed by atoms with Crippen LogP contribution in [0.4, 0.5) is 0 Å². The molecule has 0 saturated carbocycles. The minimum atomic E-state index is 0.0861. The van der Waals surface area contributed by atoms with Gasteiger partial charge in [0.2, 0.25) is 5.91 Å². The Morgan fingerprint density at radius 3 is 2.68 bits per heavy atom. The molecule has 1 aromatic carbocycles. The number of hydrogen-bond acceptors (Lipinski definition) is 4. The highest BCUT2D eigenvalue weighted by Crippen LogP contribution is 2.15. The zero-order valence-electron chi connectivity index (χ0n) is 13.3. The molecule has 22 heavy (non-hydrogen) atoms. The van der Waals surface area contributed by atoms with Crippen LogP contribution in [0, 0.1) is 0 Å². The fourth-order valence-corrected chi connectivity index (χ4v) is 2.59. The standard InChI is InChI=1S/C16H22N4OS/c1-4-9-20-12-17-18-15(20)11-19(2)16(21)10-13-5-7-14(22-3)8-6-13/h5-8,12H,4,9-11H2,1-3H3. The number of carbonyl (C=O) groups excluding carboxylic acids is 1. The second-order valence-electron chi connectivity index (χ2n) is 5.22. The molecule has 0 unspecified atom stereocenters. The third-order valence-corrected chi connectivity index (χ3v) is 4.22. The summed E-state index contributed by atoms with van der Waals surface area (Å²) >= 11 is 1.70. The van der Waals surface area contributed by atoms with Gasteiger partial charge in [-0.05, 0) is 30.4 Å². The summed E-state index contributed by atoms with van der Waals surface area (Å²) in [6.07, 6.45) is 5.19. The first-order valence-corrected chi connectivity index (χ1v) is 8.60. The van der Waals surface area contributed by atoms with Gasteiger partial charge in [-0.1, -0.05) is 19.1 Å². The smallest absolute Gasteiger partial charge is 0.227 e. The number of rotatable bonds is 7. The summed E-state index contributed by atoms with van der Waals surface area (Å²) in [6, 6.07) is 8.12. The molecule has 1 heterocycles. The summed E-state index contributed by atoms with van der Waals surface area (Å²) in [7, 11) is 1.81. The van der Waals surface area contributed by atoms with E-state index in [0.29, 0.717) is 13.0 Å². The largest absolute Gasteiger partial charge is 0.338 e. The zero-order valence-corrected chi connectivity index (χ0v) is 14.1. The minimum absolute atomic E-state index is 0.0861. The van der Waals surface area contributed by atoms with Crippen molar-refractivity contribution < 1.29 is 4.79 Å². The Morgan fingerprint density at radius 1 is 1.32 bits per heavy atom. The highest BCUT2D eigenvalue weighted by molar-refractivity contribution is 7.98. The van der Waals surface area contributed by atoms with Crippen molar-refractivity contribution in [3.8, 4) is 0 Å². The maximum atomic E-state index is 12.3. The van der Waals surface area contributed by atoms with Crippen molar-refractivity contribution in [3.63, 3.8) is 0 Å². The van der Waals surface area contributed by atoms with E-state index in [4.69, 9.17) is 0 Å². The molecular formula is C16H22N4OS. The predicted molar refractivity (Wildman–Crippen MR) is 88.7 cm³/mol. The summed E-state index contributed by atoms with van der Waals surface area (Å²) in [5, 5.41) is 8.03. The summed E-state index contributed by atoms with van der Waals surface area (Å²) in [4.78, 5) is 15.2. The zero-order chi connectivity index (χ0) is 15.9. The molecule has 0 N–H and O–H groups in total. The molecule has 0 spiro atoms. The number of benzene rings is 1. The molecule has 5 nitrogen and oxygen atoms in total. The molecule has 0 aliphatic carbocycles. The first-order chi connectivity index (χ1) is 10.6. The monoisotopic (exact) mass is 318 g/mol. The van der Waals surface area contributed by atoms with Gasteiger partial charge in [-0.15, -0.1) is 22.0 Å². The van der Waals surface area contributed by atoms with E-state index in [1.165, 1.54) is 4.90 Å². The molecule has 0 radical (unpaired) electrons. The van der Waals surface area contributed by atoms with Gasteiger partial charge in [0.05, 0.1) is 13.0 Å². The second kappa shape index (κ2) is 7.98. The van der Waals surface area contributed by atoms with Crippen molar-refractivity contribution in [1.29, 1.82) is 0 Å². The number of carbonyl (C=O) groups is 1. The van der Waals surface area contributed by atoms with Gasteiger partial charge in [0, 0.05) is 18.5 Å². The molecule has 1 aromatic heterocycles.